The lowest BCUT2D eigenvalue weighted by Crippen LogP contribution is -2.11. The predicted molar refractivity (Wildman–Crippen MR) is 77.0 cm³/mol. The minimum Gasteiger partial charge on any atom is -0.478 e. The Kier molecular flexibility index (Phi) is 3.58. The summed E-state index contributed by atoms with van der Waals surface area (Å²) in [5, 5.41) is 17.7. The van der Waals surface area contributed by atoms with Crippen molar-refractivity contribution in [3.8, 4) is 6.07 Å². The van der Waals surface area contributed by atoms with E-state index in [4.69, 9.17) is 16.1 Å². The molecule has 5 heteroatoms. The minimum absolute atomic E-state index is 0.0852. The summed E-state index contributed by atoms with van der Waals surface area (Å²) in [4.78, 5) is 12.8. The van der Waals surface area contributed by atoms with Crippen molar-refractivity contribution in [2.45, 2.75) is 0 Å². The third-order valence-electron chi connectivity index (χ3n) is 3.04. The maximum atomic E-state index is 10.9. The van der Waals surface area contributed by atoms with E-state index in [0.717, 1.165) is 11.4 Å². The number of anilines is 3. The molecule has 0 aromatic heterocycles. The average molecular weight is 267 g/mol. The van der Waals surface area contributed by atoms with Gasteiger partial charge in [0, 0.05) is 24.1 Å². The number of nitrogen functional groups attached to an aromatic ring is 1. The third-order valence-corrected chi connectivity index (χ3v) is 3.04. The first-order chi connectivity index (χ1) is 9.52. The fourth-order valence-electron chi connectivity index (χ4n) is 1.86. The Hall–Kier alpha value is -3.00. The van der Waals surface area contributed by atoms with Crippen LogP contribution in [0.1, 0.15) is 15.9 Å². The van der Waals surface area contributed by atoms with Crippen molar-refractivity contribution < 1.29 is 9.90 Å². The monoisotopic (exact) mass is 267 g/mol. The van der Waals surface area contributed by atoms with E-state index >= 15 is 0 Å². The highest BCUT2D eigenvalue weighted by Gasteiger charge is 2.10. The highest BCUT2D eigenvalue weighted by molar-refractivity contribution is 5.94. The van der Waals surface area contributed by atoms with Gasteiger partial charge in [-0.2, -0.15) is 5.26 Å². The van der Waals surface area contributed by atoms with Gasteiger partial charge in [-0.3, -0.25) is 0 Å². The number of nitrogens with zero attached hydrogens (tertiary/aromatic N) is 2. The van der Waals surface area contributed by atoms with Gasteiger partial charge in [-0.15, -0.1) is 0 Å². The van der Waals surface area contributed by atoms with Gasteiger partial charge in [-0.1, -0.05) is 0 Å². The van der Waals surface area contributed by atoms with Crippen LogP contribution in [0.3, 0.4) is 0 Å². The first-order valence-corrected chi connectivity index (χ1v) is 5.89. The van der Waals surface area contributed by atoms with Crippen LogP contribution in [0.4, 0.5) is 17.1 Å². The van der Waals surface area contributed by atoms with Gasteiger partial charge in [0.15, 0.2) is 0 Å². The molecule has 0 saturated carbocycles. The summed E-state index contributed by atoms with van der Waals surface area (Å²) in [5.41, 5.74) is 8.28. The summed E-state index contributed by atoms with van der Waals surface area (Å²) in [6.45, 7) is 0. The molecule has 0 radical (unpaired) electrons. The summed E-state index contributed by atoms with van der Waals surface area (Å²) >= 11 is 0. The zero-order chi connectivity index (χ0) is 14.7. The quantitative estimate of drug-likeness (QED) is 0.834. The van der Waals surface area contributed by atoms with Crippen molar-refractivity contribution in [3.63, 3.8) is 0 Å². The molecular weight excluding hydrogens is 254 g/mol. The van der Waals surface area contributed by atoms with E-state index < -0.39 is 5.97 Å². The predicted octanol–water partition coefficient (Wildman–Crippen LogP) is 2.61. The topological polar surface area (TPSA) is 90.3 Å². The lowest BCUT2D eigenvalue weighted by molar-refractivity contribution is 0.0698. The van der Waals surface area contributed by atoms with E-state index in [1.807, 2.05) is 24.1 Å². The van der Waals surface area contributed by atoms with E-state index in [2.05, 4.69) is 6.07 Å². The molecule has 0 amide bonds. The minimum atomic E-state index is -1.05. The number of nitrogens with two attached hydrogens (primary N) is 1. The van der Waals surface area contributed by atoms with Crippen LogP contribution in [0.2, 0.25) is 0 Å². The van der Waals surface area contributed by atoms with Gasteiger partial charge in [-0.25, -0.2) is 4.79 Å². The van der Waals surface area contributed by atoms with Crippen LogP contribution in [0.25, 0.3) is 0 Å². The van der Waals surface area contributed by atoms with Gasteiger partial charge < -0.3 is 15.7 Å². The van der Waals surface area contributed by atoms with Crippen LogP contribution < -0.4 is 10.6 Å². The SMILES string of the molecule is CN(c1ccc(C#N)cc1)c1ccc(C(=O)O)c(N)c1. The summed E-state index contributed by atoms with van der Waals surface area (Å²) < 4.78 is 0. The molecule has 0 bridgehead atoms. The molecule has 0 heterocycles. The standard InChI is InChI=1S/C15H13N3O2/c1-18(11-4-2-10(9-16)3-5-11)12-6-7-13(15(19)20)14(17)8-12/h2-8H,17H2,1H3,(H,19,20). The van der Waals surface area contributed by atoms with Gasteiger partial charge in [0.05, 0.1) is 17.2 Å². The van der Waals surface area contributed by atoms with E-state index in [1.165, 1.54) is 6.07 Å². The molecule has 0 saturated heterocycles. The number of hydrogen-bond donors (Lipinski definition) is 2. The molecule has 0 spiro atoms. The number of nitriles is 1. The smallest absolute Gasteiger partial charge is 0.337 e. The molecule has 20 heavy (non-hydrogen) atoms. The van der Waals surface area contributed by atoms with E-state index in [-0.39, 0.29) is 11.3 Å². The van der Waals surface area contributed by atoms with Crippen LogP contribution in [-0.4, -0.2) is 18.1 Å². The van der Waals surface area contributed by atoms with E-state index in [1.54, 1.807) is 24.3 Å². The largest absolute Gasteiger partial charge is 0.478 e. The van der Waals surface area contributed by atoms with Crippen LogP contribution >= 0.6 is 0 Å². The number of aromatic carboxylic acids is 1. The Morgan fingerprint density at radius 1 is 1.20 bits per heavy atom. The number of rotatable bonds is 3. The maximum Gasteiger partial charge on any atom is 0.337 e. The Morgan fingerprint density at radius 3 is 2.30 bits per heavy atom. The molecule has 0 aliphatic rings. The summed E-state index contributed by atoms with van der Waals surface area (Å²) in [5.74, 6) is -1.05. The Labute approximate surface area is 116 Å². The Balaban J connectivity index is 2.33. The molecule has 0 aliphatic carbocycles. The van der Waals surface area contributed by atoms with Crippen molar-refractivity contribution in [1.82, 2.24) is 0 Å². The number of benzene rings is 2. The van der Waals surface area contributed by atoms with E-state index in [0.29, 0.717) is 5.56 Å². The molecule has 2 rings (SSSR count). The third kappa shape index (κ3) is 2.54. The van der Waals surface area contributed by atoms with Gasteiger partial charge in [0.1, 0.15) is 0 Å². The van der Waals surface area contributed by atoms with Crippen molar-refractivity contribution in [3.05, 3.63) is 53.6 Å². The zero-order valence-corrected chi connectivity index (χ0v) is 10.9. The highest BCUT2D eigenvalue weighted by Crippen LogP contribution is 2.27. The number of carboxylic acids is 1. The Bertz CT molecular complexity index is 687. The normalized spacial score (nSPS) is 9.80. The second-order valence-corrected chi connectivity index (χ2v) is 4.29. The van der Waals surface area contributed by atoms with E-state index in [9.17, 15) is 4.79 Å². The maximum absolute atomic E-state index is 10.9. The first-order valence-electron chi connectivity index (χ1n) is 5.89. The number of hydrogen-bond acceptors (Lipinski definition) is 4. The first kappa shape index (κ1) is 13.4. The average Bonchev–Trinajstić information content (AvgIpc) is 2.46. The van der Waals surface area contributed by atoms with Crippen molar-refractivity contribution >= 4 is 23.0 Å². The van der Waals surface area contributed by atoms with Crippen molar-refractivity contribution in [2.75, 3.05) is 17.7 Å². The molecular formula is C15H13N3O2. The second-order valence-electron chi connectivity index (χ2n) is 4.29. The van der Waals surface area contributed by atoms with Crippen molar-refractivity contribution in [2.24, 2.45) is 0 Å². The van der Waals surface area contributed by atoms with Crippen LogP contribution in [0, 0.1) is 11.3 Å². The van der Waals surface area contributed by atoms with Crippen LogP contribution in [0.5, 0.6) is 0 Å². The van der Waals surface area contributed by atoms with Gasteiger partial charge >= 0.3 is 5.97 Å². The molecule has 100 valence electrons. The molecule has 2 aromatic rings. The van der Waals surface area contributed by atoms with Crippen LogP contribution in [0.15, 0.2) is 42.5 Å². The van der Waals surface area contributed by atoms with Gasteiger partial charge in [0.2, 0.25) is 0 Å². The summed E-state index contributed by atoms with van der Waals surface area (Å²) in [6.07, 6.45) is 0. The molecule has 5 nitrogen and oxygen atoms in total. The van der Waals surface area contributed by atoms with Crippen LogP contribution in [-0.2, 0) is 0 Å². The molecule has 0 fully saturated rings. The fourth-order valence-corrected chi connectivity index (χ4v) is 1.86. The Morgan fingerprint density at radius 2 is 1.80 bits per heavy atom. The van der Waals surface area contributed by atoms with Gasteiger partial charge in [0.25, 0.3) is 0 Å². The van der Waals surface area contributed by atoms with Gasteiger partial charge in [-0.05, 0) is 42.5 Å². The lowest BCUT2D eigenvalue weighted by Gasteiger charge is -2.20. The zero-order valence-electron chi connectivity index (χ0n) is 10.9. The highest BCUT2D eigenvalue weighted by atomic mass is 16.4. The molecule has 2 aromatic carbocycles. The fraction of sp³-hybridized carbons (Fsp3) is 0.0667. The molecule has 0 aliphatic heterocycles. The lowest BCUT2D eigenvalue weighted by atomic mass is 10.1. The molecule has 0 atom stereocenters. The number of carbonyl (C=O) groups is 1. The molecule has 3 N–H and O–H groups in total. The summed E-state index contributed by atoms with van der Waals surface area (Å²) in [6, 6.07) is 13.9. The number of carboxylic acid groups (broad SMARTS) is 1. The molecule has 0 unspecified atom stereocenters. The second kappa shape index (κ2) is 5.33. The summed E-state index contributed by atoms with van der Waals surface area (Å²) in [7, 11) is 1.84. The van der Waals surface area contributed by atoms with Crippen molar-refractivity contribution in [1.29, 1.82) is 5.26 Å².